The number of para-hydroxylation sites is 2. The highest BCUT2D eigenvalue weighted by Crippen LogP contribution is 2.40. The molecule has 1 heterocycles. The normalized spacial score (nSPS) is 14.8. The quantitative estimate of drug-likeness (QED) is 0.698. The highest BCUT2D eigenvalue weighted by Gasteiger charge is 2.29. The number of halogens is 1. The first-order valence-electron chi connectivity index (χ1n) is 7.01. The number of nitrogens with zero attached hydrogens (tertiary/aromatic N) is 2. The summed E-state index contributed by atoms with van der Waals surface area (Å²) >= 11 is 0. The van der Waals surface area contributed by atoms with Crippen molar-refractivity contribution >= 4 is 11.0 Å². The Kier molecular flexibility index (Phi) is 2.59. The van der Waals surface area contributed by atoms with Gasteiger partial charge in [-0.05, 0) is 31.0 Å². The van der Waals surface area contributed by atoms with Crippen LogP contribution in [0.1, 0.15) is 30.1 Å². The Hall–Kier alpha value is -2.16. The van der Waals surface area contributed by atoms with Gasteiger partial charge in [0.1, 0.15) is 11.6 Å². The lowest BCUT2D eigenvalue weighted by molar-refractivity contribution is 0.597. The van der Waals surface area contributed by atoms with E-state index in [1.165, 1.54) is 18.9 Å². The van der Waals surface area contributed by atoms with Crippen molar-refractivity contribution < 1.29 is 4.39 Å². The third kappa shape index (κ3) is 1.90. The average molecular weight is 266 g/mol. The van der Waals surface area contributed by atoms with Crippen molar-refractivity contribution in [1.82, 2.24) is 9.55 Å². The second-order valence-corrected chi connectivity index (χ2v) is 5.41. The fourth-order valence-corrected chi connectivity index (χ4v) is 2.71. The Morgan fingerprint density at radius 2 is 1.80 bits per heavy atom. The summed E-state index contributed by atoms with van der Waals surface area (Å²) in [5.41, 5.74) is 2.82. The molecule has 1 aliphatic carbocycles. The first kappa shape index (κ1) is 11.6. The van der Waals surface area contributed by atoms with Crippen molar-refractivity contribution in [2.24, 2.45) is 0 Å². The van der Waals surface area contributed by atoms with Gasteiger partial charge in [0.25, 0.3) is 0 Å². The van der Waals surface area contributed by atoms with E-state index in [2.05, 4.69) is 10.6 Å². The maximum Gasteiger partial charge on any atom is 0.128 e. The van der Waals surface area contributed by atoms with Gasteiger partial charge in [0, 0.05) is 11.5 Å². The van der Waals surface area contributed by atoms with Gasteiger partial charge >= 0.3 is 0 Å². The molecule has 3 heteroatoms. The molecule has 4 rings (SSSR count). The van der Waals surface area contributed by atoms with E-state index in [1.54, 1.807) is 6.07 Å². The van der Waals surface area contributed by atoms with Crippen LogP contribution in [-0.4, -0.2) is 9.55 Å². The van der Waals surface area contributed by atoms with Gasteiger partial charge in [-0.2, -0.15) is 0 Å². The van der Waals surface area contributed by atoms with Gasteiger partial charge in [0.15, 0.2) is 0 Å². The summed E-state index contributed by atoms with van der Waals surface area (Å²) < 4.78 is 16.1. The van der Waals surface area contributed by atoms with E-state index in [9.17, 15) is 4.39 Å². The van der Waals surface area contributed by atoms with E-state index >= 15 is 0 Å². The number of aromatic nitrogens is 2. The molecular formula is C17H15FN2. The van der Waals surface area contributed by atoms with Crippen molar-refractivity contribution in [1.29, 1.82) is 0 Å². The SMILES string of the molecule is Fc1ccccc1Cn1c(C2CC2)nc2ccccc21. The lowest BCUT2D eigenvalue weighted by Gasteiger charge is -2.09. The van der Waals surface area contributed by atoms with Crippen molar-refractivity contribution in [2.45, 2.75) is 25.3 Å². The van der Waals surface area contributed by atoms with Gasteiger partial charge in [0.2, 0.25) is 0 Å². The molecule has 0 amide bonds. The topological polar surface area (TPSA) is 17.8 Å². The molecule has 0 spiro atoms. The zero-order chi connectivity index (χ0) is 13.5. The number of fused-ring (bicyclic) bond motifs is 1. The monoisotopic (exact) mass is 266 g/mol. The van der Waals surface area contributed by atoms with Gasteiger partial charge in [-0.3, -0.25) is 0 Å². The molecule has 0 atom stereocenters. The van der Waals surface area contributed by atoms with E-state index in [0.29, 0.717) is 12.5 Å². The van der Waals surface area contributed by atoms with Gasteiger partial charge in [-0.1, -0.05) is 30.3 Å². The molecule has 100 valence electrons. The Balaban J connectivity index is 1.85. The molecule has 2 aromatic carbocycles. The maximum absolute atomic E-state index is 13.9. The fraction of sp³-hybridized carbons (Fsp3) is 0.235. The van der Waals surface area contributed by atoms with Crippen LogP contribution < -0.4 is 0 Å². The average Bonchev–Trinajstić information content (AvgIpc) is 3.25. The molecule has 1 aromatic heterocycles. The van der Waals surface area contributed by atoms with Crippen LogP contribution in [0.3, 0.4) is 0 Å². The van der Waals surface area contributed by atoms with E-state index in [1.807, 2.05) is 30.3 Å². The largest absolute Gasteiger partial charge is 0.323 e. The minimum Gasteiger partial charge on any atom is -0.323 e. The van der Waals surface area contributed by atoms with Gasteiger partial charge < -0.3 is 4.57 Å². The number of hydrogen-bond acceptors (Lipinski definition) is 1. The summed E-state index contributed by atoms with van der Waals surface area (Å²) in [7, 11) is 0. The standard InChI is InChI=1S/C17H15FN2/c18-14-6-2-1-5-13(14)11-20-16-8-4-3-7-15(16)19-17(20)12-9-10-12/h1-8,12H,9-11H2. The molecule has 2 nitrogen and oxygen atoms in total. The van der Waals surface area contributed by atoms with E-state index in [-0.39, 0.29) is 5.82 Å². The zero-order valence-electron chi connectivity index (χ0n) is 11.1. The van der Waals surface area contributed by atoms with E-state index in [0.717, 1.165) is 22.4 Å². The summed E-state index contributed by atoms with van der Waals surface area (Å²) in [6.45, 7) is 0.555. The third-order valence-electron chi connectivity index (χ3n) is 3.91. The number of imidazole rings is 1. The van der Waals surface area contributed by atoms with Crippen molar-refractivity contribution in [2.75, 3.05) is 0 Å². The molecule has 0 saturated heterocycles. The van der Waals surface area contributed by atoms with Gasteiger partial charge in [-0.25, -0.2) is 9.37 Å². The summed E-state index contributed by atoms with van der Waals surface area (Å²) in [5.74, 6) is 1.51. The highest BCUT2D eigenvalue weighted by atomic mass is 19.1. The van der Waals surface area contributed by atoms with Crippen LogP contribution in [0.4, 0.5) is 4.39 Å². The van der Waals surface area contributed by atoms with Crippen LogP contribution in [0.25, 0.3) is 11.0 Å². The number of rotatable bonds is 3. The predicted molar refractivity (Wildman–Crippen MR) is 77.2 cm³/mol. The second-order valence-electron chi connectivity index (χ2n) is 5.41. The van der Waals surface area contributed by atoms with E-state index < -0.39 is 0 Å². The lowest BCUT2D eigenvalue weighted by Crippen LogP contribution is -2.05. The molecule has 0 aliphatic heterocycles. The van der Waals surface area contributed by atoms with Crippen LogP contribution >= 0.6 is 0 Å². The molecule has 20 heavy (non-hydrogen) atoms. The Morgan fingerprint density at radius 3 is 2.60 bits per heavy atom. The molecule has 0 bridgehead atoms. The van der Waals surface area contributed by atoms with Crippen LogP contribution in [0.15, 0.2) is 48.5 Å². The molecule has 3 aromatic rings. The first-order valence-corrected chi connectivity index (χ1v) is 7.01. The van der Waals surface area contributed by atoms with Crippen molar-refractivity contribution in [3.8, 4) is 0 Å². The Bertz CT molecular complexity index is 772. The Morgan fingerprint density at radius 1 is 1.05 bits per heavy atom. The highest BCUT2D eigenvalue weighted by molar-refractivity contribution is 5.76. The summed E-state index contributed by atoms with van der Waals surface area (Å²) in [6, 6.07) is 15.1. The zero-order valence-corrected chi connectivity index (χ0v) is 11.1. The molecule has 0 N–H and O–H groups in total. The third-order valence-corrected chi connectivity index (χ3v) is 3.91. The lowest BCUT2D eigenvalue weighted by atomic mass is 10.2. The molecule has 1 saturated carbocycles. The molecular weight excluding hydrogens is 251 g/mol. The van der Waals surface area contributed by atoms with Crippen molar-refractivity contribution in [3.63, 3.8) is 0 Å². The van der Waals surface area contributed by atoms with E-state index in [4.69, 9.17) is 4.98 Å². The first-order chi connectivity index (χ1) is 9.83. The van der Waals surface area contributed by atoms with Crippen LogP contribution in [0, 0.1) is 5.82 Å². The second kappa shape index (κ2) is 4.44. The smallest absolute Gasteiger partial charge is 0.128 e. The van der Waals surface area contributed by atoms with Gasteiger partial charge in [-0.15, -0.1) is 0 Å². The maximum atomic E-state index is 13.9. The predicted octanol–water partition coefficient (Wildman–Crippen LogP) is 4.10. The molecule has 0 radical (unpaired) electrons. The van der Waals surface area contributed by atoms with Gasteiger partial charge in [0.05, 0.1) is 17.6 Å². The summed E-state index contributed by atoms with van der Waals surface area (Å²) in [5, 5.41) is 0. The Labute approximate surface area is 116 Å². The molecule has 0 unspecified atom stereocenters. The minimum absolute atomic E-state index is 0.146. The van der Waals surface area contributed by atoms with Crippen LogP contribution in [0.5, 0.6) is 0 Å². The van der Waals surface area contributed by atoms with Crippen LogP contribution in [0.2, 0.25) is 0 Å². The molecule has 1 fully saturated rings. The summed E-state index contributed by atoms with van der Waals surface area (Å²) in [4.78, 5) is 4.74. The minimum atomic E-state index is -0.146. The van der Waals surface area contributed by atoms with Crippen LogP contribution in [-0.2, 0) is 6.54 Å². The summed E-state index contributed by atoms with van der Waals surface area (Å²) in [6.07, 6.45) is 2.39. The number of hydrogen-bond donors (Lipinski definition) is 0. The van der Waals surface area contributed by atoms with Crippen molar-refractivity contribution in [3.05, 3.63) is 65.7 Å². The number of benzene rings is 2. The fourth-order valence-electron chi connectivity index (χ4n) is 2.71. The molecule has 1 aliphatic rings.